The number of hydrogen-bond donors (Lipinski definition) is 0. The fourth-order valence-corrected chi connectivity index (χ4v) is 5.85. The van der Waals surface area contributed by atoms with E-state index in [9.17, 15) is 8.42 Å². The second-order valence-corrected chi connectivity index (χ2v) is 10.4. The van der Waals surface area contributed by atoms with E-state index < -0.39 is 9.84 Å². The lowest BCUT2D eigenvalue weighted by molar-refractivity contribution is 0.153. The molecule has 1 saturated heterocycles. The van der Waals surface area contributed by atoms with E-state index in [2.05, 4.69) is 16.9 Å². The predicted octanol–water partition coefficient (Wildman–Crippen LogP) is 3.93. The molecule has 1 aliphatic rings. The minimum absolute atomic E-state index is 0.0448. The van der Waals surface area contributed by atoms with E-state index in [0.29, 0.717) is 61.6 Å². The normalized spacial score (nSPS) is 17.4. The van der Waals surface area contributed by atoms with Crippen LogP contribution >= 0.6 is 12.2 Å². The summed E-state index contributed by atoms with van der Waals surface area (Å²) in [7, 11) is -2.99. The van der Waals surface area contributed by atoms with Crippen molar-refractivity contribution < 1.29 is 27.0 Å². The third kappa shape index (κ3) is 6.27. The van der Waals surface area contributed by atoms with Gasteiger partial charge in [-0.1, -0.05) is 6.92 Å². The minimum Gasteiger partial charge on any atom is -0.490 e. The zero-order valence-corrected chi connectivity index (χ0v) is 21.3. The Hall–Kier alpha value is -2.11. The Balaban J connectivity index is 1.93. The van der Waals surface area contributed by atoms with Crippen LogP contribution in [0.5, 0.6) is 17.2 Å². The van der Waals surface area contributed by atoms with Gasteiger partial charge in [-0.2, -0.15) is 0 Å². The summed E-state index contributed by atoms with van der Waals surface area (Å²) in [5.41, 5.74) is 0.653. The van der Waals surface area contributed by atoms with E-state index in [4.69, 9.17) is 30.8 Å². The summed E-state index contributed by atoms with van der Waals surface area (Å²) in [5.74, 6) is 2.35. The van der Waals surface area contributed by atoms with E-state index in [0.717, 1.165) is 13.0 Å². The van der Waals surface area contributed by atoms with Crippen molar-refractivity contribution in [2.75, 3.05) is 37.9 Å². The first-order valence-electron chi connectivity index (χ1n) is 11.4. The Morgan fingerprint density at radius 2 is 1.76 bits per heavy atom. The smallest absolute Gasteiger partial charge is 0.288 e. The van der Waals surface area contributed by atoms with Gasteiger partial charge < -0.3 is 18.6 Å². The van der Waals surface area contributed by atoms with Crippen molar-refractivity contribution in [1.29, 1.82) is 0 Å². The molecule has 0 bridgehead atoms. The van der Waals surface area contributed by atoms with Crippen molar-refractivity contribution in [3.8, 4) is 28.7 Å². The molecule has 0 aliphatic carbocycles. The fourth-order valence-electron chi connectivity index (χ4n) is 3.92. The Kier molecular flexibility index (Phi) is 8.77. The third-order valence-electron chi connectivity index (χ3n) is 5.31. The highest BCUT2D eigenvalue weighted by Crippen LogP contribution is 2.41. The van der Waals surface area contributed by atoms with Gasteiger partial charge in [-0.25, -0.2) is 13.1 Å². The molecule has 2 aromatic rings. The summed E-state index contributed by atoms with van der Waals surface area (Å²) in [6.45, 7) is 10.3. The molecule has 11 heteroatoms. The quantitative estimate of drug-likeness (QED) is 0.403. The summed E-state index contributed by atoms with van der Waals surface area (Å²) in [6, 6.07) is 3.56. The lowest BCUT2D eigenvalue weighted by atomic mass is 10.2. The van der Waals surface area contributed by atoms with E-state index in [1.54, 1.807) is 16.8 Å². The van der Waals surface area contributed by atoms with Crippen molar-refractivity contribution in [2.45, 2.75) is 53.2 Å². The summed E-state index contributed by atoms with van der Waals surface area (Å²) in [5, 5.41) is 4.59. The van der Waals surface area contributed by atoms with Crippen LogP contribution in [0.1, 0.15) is 40.5 Å². The van der Waals surface area contributed by atoms with Crippen LogP contribution in [0.25, 0.3) is 11.5 Å². The third-order valence-corrected chi connectivity index (χ3v) is 7.36. The SMILES string of the molecule is CCCN(Cn1nc(-c2cc(OCC)c(OCC)c(OCC)c2)oc1=S)C1CCS(=O)(=O)C1. The molecule has 1 unspecified atom stereocenters. The van der Waals surface area contributed by atoms with Crippen LogP contribution in [0.3, 0.4) is 0 Å². The molecule has 3 rings (SSSR count). The molecule has 1 aliphatic heterocycles. The van der Waals surface area contributed by atoms with Crippen LogP contribution < -0.4 is 14.2 Å². The molecule has 2 heterocycles. The van der Waals surface area contributed by atoms with Gasteiger partial charge >= 0.3 is 0 Å². The van der Waals surface area contributed by atoms with Gasteiger partial charge in [0.15, 0.2) is 21.3 Å². The van der Waals surface area contributed by atoms with Crippen molar-refractivity contribution in [1.82, 2.24) is 14.7 Å². The maximum absolute atomic E-state index is 12.0. The molecule has 184 valence electrons. The number of benzene rings is 1. The zero-order valence-electron chi connectivity index (χ0n) is 19.7. The number of sulfone groups is 1. The van der Waals surface area contributed by atoms with Crippen molar-refractivity contribution in [2.24, 2.45) is 0 Å². The lowest BCUT2D eigenvalue weighted by Gasteiger charge is -2.26. The molecule has 0 radical (unpaired) electrons. The summed E-state index contributed by atoms with van der Waals surface area (Å²) in [4.78, 5) is 2.33. The minimum atomic E-state index is -2.99. The number of hydrogen-bond acceptors (Lipinski definition) is 9. The van der Waals surface area contributed by atoms with E-state index in [1.807, 2.05) is 20.8 Å². The number of aromatic nitrogens is 2. The topological polar surface area (TPSA) is 96.0 Å². The van der Waals surface area contributed by atoms with Gasteiger partial charge in [0.1, 0.15) is 0 Å². The van der Waals surface area contributed by atoms with E-state index in [-0.39, 0.29) is 22.4 Å². The maximum Gasteiger partial charge on any atom is 0.288 e. The molecule has 0 amide bonds. The number of rotatable bonds is 12. The van der Waals surface area contributed by atoms with Gasteiger partial charge in [-0.15, -0.1) is 5.10 Å². The Bertz CT molecular complexity index is 1070. The molecule has 33 heavy (non-hydrogen) atoms. The van der Waals surface area contributed by atoms with Crippen LogP contribution in [0, 0.1) is 4.84 Å². The van der Waals surface area contributed by atoms with Crippen molar-refractivity contribution in [3.63, 3.8) is 0 Å². The van der Waals surface area contributed by atoms with Gasteiger partial charge in [-0.3, -0.25) is 4.90 Å². The highest BCUT2D eigenvalue weighted by molar-refractivity contribution is 7.91. The predicted molar refractivity (Wildman–Crippen MR) is 128 cm³/mol. The summed E-state index contributed by atoms with van der Waals surface area (Å²) >= 11 is 5.43. The molecule has 0 saturated carbocycles. The first kappa shape index (κ1) is 25.5. The van der Waals surface area contributed by atoms with Gasteiger partial charge in [-0.05, 0) is 64.5 Å². The van der Waals surface area contributed by atoms with Crippen LogP contribution in [0.4, 0.5) is 0 Å². The fraction of sp³-hybridized carbons (Fsp3) is 0.636. The number of nitrogens with zero attached hydrogens (tertiary/aromatic N) is 3. The number of ether oxygens (including phenoxy) is 3. The molecular formula is C22H33N3O6S2. The van der Waals surface area contributed by atoms with Crippen LogP contribution in [-0.2, 0) is 16.5 Å². The molecular weight excluding hydrogens is 466 g/mol. The first-order chi connectivity index (χ1) is 15.8. The first-order valence-corrected chi connectivity index (χ1v) is 13.6. The summed E-state index contributed by atoms with van der Waals surface area (Å²) in [6.07, 6.45) is 1.51. The van der Waals surface area contributed by atoms with Crippen LogP contribution in [0.15, 0.2) is 16.5 Å². The monoisotopic (exact) mass is 499 g/mol. The second-order valence-electron chi connectivity index (χ2n) is 7.78. The average molecular weight is 500 g/mol. The highest BCUT2D eigenvalue weighted by atomic mass is 32.2. The largest absolute Gasteiger partial charge is 0.490 e. The van der Waals surface area contributed by atoms with E-state index in [1.165, 1.54) is 0 Å². The molecule has 9 nitrogen and oxygen atoms in total. The van der Waals surface area contributed by atoms with Crippen LogP contribution in [-0.4, -0.2) is 67.0 Å². The second kappa shape index (κ2) is 11.3. The molecule has 1 atom stereocenters. The molecule has 0 N–H and O–H groups in total. The Morgan fingerprint density at radius 1 is 1.12 bits per heavy atom. The Morgan fingerprint density at radius 3 is 2.27 bits per heavy atom. The van der Waals surface area contributed by atoms with Crippen LogP contribution in [0.2, 0.25) is 0 Å². The van der Waals surface area contributed by atoms with Gasteiger partial charge in [0.05, 0.1) is 38.0 Å². The Labute approximate surface area is 200 Å². The molecule has 1 fully saturated rings. The lowest BCUT2D eigenvalue weighted by Crippen LogP contribution is -2.38. The molecule has 1 aromatic carbocycles. The van der Waals surface area contributed by atoms with Gasteiger partial charge in [0.25, 0.3) is 4.84 Å². The summed E-state index contributed by atoms with van der Waals surface area (Å²) < 4.78 is 48.7. The van der Waals surface area contributed by atoms with Crippen molar-refractivity contribution in [3.05, 3.63) is 17.0 Å². The zero-order chi connectivity index (χ0) is 24.0. The van der Waals surface area contributed by atoms with Crippen molar-refractivity contribution >= 4 is 22.1 Å². The maximum atomic E-state index is 12.0. The molecule has 0 spiro atoms. The van der Waals surface area contributed by atoms with E-state index >= 15 is 0 Å². The van der Waals surface area contributed by atoms with Gasteiger partial charge in [0, 0.05) is 11.6 Å². The van der Waals surface area contributed by atoms with Gasteiger partial charge in [0.2, 0.25) is 11.6 Å². The average Bonchev–Trinajstić information content (AvgIpc) is 3.32. The highest BCUT2D eigenvalue weighted by Gasteiger charge is 2.32. The molecule has 1 aromatic heterocycles. The standard InChI is InChI=1S/C22H33N3O6S2/c1-5-10-24(17-9-11-33(26,27)14-17)15-25-22(32)31-21(23-25)16-12-18(28-6-2)20(30-8-4)19(13-16)29-7-3/h12-13,17H,5-11,14-15H2,1-4H3.